The Hall–Kier alpha value is -1.29. The van der Waals surface area contributed by atoms with Crippen LogP contribution in [0.25, 0.3) is 0 Å². The molecule has 3 nitrogen and oxygen atoms in total. The molecule has 104 valence electrons. The first-order valence-electron chi connectivity index (χ1n) is 6.22. The first kappa shape index (κ1) is 13.7. The van der Waals surface area contributed by atoms with Crippen LogP contribution in [-0.2, 0) is 16.9 Å². The van der Waals surface area contributed by atoms with Gasteiger partial charge in [-0.2, -0.15) is 0 Å². The second-order valence-corrected chi connectivity index (χ2v) is 5.81. The molecule has 1 aromatic heterocycles. The van der Waals surface area contributed by atoms with Gasteiger partial charge in [0.1, 0.15) is 16.5 Å². The summed E-state index contributed by atoms with van der Waals surface area (Å²) in [5, 5.41) is 11.2. The van der Waals surface area contributed by atoms with Crippen molar-refractivity contribution in [1.82, 2.24) is 4.98 Å². The highest BCUT2D eigenvalue weighted by Gasteiger charge is 2.41. The normalized spacial score (nSPS) is 21.0. The quantitative estimate of drug-likeness (QED) is 0.803. The molecule has 1 unspecified atom stereocenters. The molecule has 0 spiro atoms. The predicted molar refractivity (Wildman–Crippen MR) is 78.3 cm³/mol. The number of hydrogen-bond acceptors (Lipinski definition) is 3. The highest BCUT2D eigenvalue weighted by molar-refractivity contribution is 6.31. The van der Waals surface area contributed by atoms with E-state index in [0.29, 0.717) is 28.0 Å². The molecular weight excluding hydrogens is 297 g/mol. The largest absolute Gasteiger partial charge is 0.506 e. The van der Waals surface area contributed by atoms with Gasteiger partial charge in [0.05, 0.1) is 12.3 Å². The molecule has 0 bridgehead atoms. The fourth-order valence-electron chi connectivity index (χ4n) is 2.63. The van der Waals surface area contributed by atoms with Crippen LogP contribution < -0.4 is 0 Å². The van der Waals surface area contributed by atoms with Crippen molar-refractivity contribution in [3.05, 3.63) is 56.8 Å². The Bertz CT molecular complexity index is 685. The van der Waals surface area contributed by atoms with E-state index in [1.165, 1.54) is 0 Å². The number of nitrogens with zero attached hydrogens (tertiary/aromatic N) is 1. The average Bonchev–Trinajstić information content (AvgIpc) is 2.76. The third-order valence-corrected chi connectivity index (χ3v) is 4.31. The number of ether oxygens (including phenoxy) is 1. The number of rotatable bonds is 1. The van der Waals surface area contributed by atoms with E-state index in [2.05, 4.69) is 4.98 Å². The standard InChI is InChI=1S/C15H13Cl2NO2/c1-8-13(19)11-7-20-15(2,12(11)14(17)18-8)9-3-5-10(16)6-4-9/h3-6,19H,7H2,1-2H3. The van der Waals surface area contributed by atoms with Gasteiger partial charge in [-0.3, -0.25) is 0 Å². The van der Waals surface area contributed by atoms with Crippen LogP contribution in [0.1, 0.15) is 29.3 Å². The van der Waals surface area contributed by atoms with E-state index in [1.807, 2.05) is 19.1 Å². The number of pyridine rings is 1. The van der Waals surface area contributed by atoms with Gasteiger partial charge >= 0.3 is 0 Å². The minimum atomic E-state index is -0.727. The van der Waals surface area contributed by atoms with Crippen molar-refractivity contribution >= 4 is 23.2 Å². The van der Waals surface area contributed by atoms with Gasteiger partial charge < -0.3 is 9.84 Å². The second-order valence-electron chi connectivity index (χ2n) is 5.02. The second kappa shape index (κ2) is 4.62. The Labute approximate surface area is 127 Å². The molecular formula is C15H13Cl2NO2. The Balaban J connectivity index is 2.22. The van der Waals surface area contributed by atoms with Crippen molar-refractivity contribution < 1.29 is 9.84 Å². The molecule has 3 rings (SSSR count). The van der Waals surface area contributed by atoms with E-state index in [1.54, 1.807) is 19.1 Å². The first-order chi connectivity index (χ1) is 9.43. The first-order valence-corrected chi connectivity index (χ1v) is 6.97. The SMILES string of the molecule is Cc1nc(Cl)c2c(c1O)COC2(C)c1ccc(Cl)cc1. The van der Waals surface area contributed by atoms with Gasteiger partial charge in [-0.1, -0.05) is 35.3 Å². The van der Waals surface area contributed by atoms with Gasteiger partial charge in [0.25, 0.3) is 0 Å². The lowest BCUT2D eigenvalue weighted by atomic mass is 9.88. The van der Waals surface area contributed by atoms with Crippen molar-refractivity contribution in [2.24, 2.45) is 0 Å². The molecule has 2 aromatic rings. The summed E-state index contributed by atoms with van der Waals surface area (Å²) in [6, 6.07) is 7.40. The molecule has 0 amide bonds. The molecule has 0 fully saturated rings. The molecule has 0 saturated heterocycles. The van der Waals surface area contributed by atoms with Crippen molar-refractivity contribution in [2.45, 2.75) is 26.1 Å². The minimum Gasteiger partial charge on any atom is -0.506 e. The van der Waals surface area contributed by atoms with Gasteiger partial charge in [0.2, 0.25) is 0 Å². The predicted octanol–water partition coefficient (Wildman–Crippen LogP) is 4.20. The highest BCUT2D eigenvalue weighted by atomic mass is 35.5. The van der Waals surface area contributed by atoms with E-state index in [9.17, 15) is 5.11 Å². The molecule has 1 aromatic carbocycles. The fourth-order valence-corrected chi connectivity index (χ4v) is 3.17. The van der Waals surface area contributed by atoms with Crippen LogP contribution in [0.5, 0.6) is 5.75 Å². The van der Waals surface area contributed by atoms with E-state index in [-0.39, 0.29) is 5.75 Å². The Morgan fingerprint density at radius 2 is 1.90 bits per heavy atom. The van der Waals surface area contributed by atoms with Crippen molar-refractivity contribution in [3.8, 4) is 5.75 Å². The lowest BCUT2D eigenvalue weighted by Crippen LogP contribution is -2.23. The zero-order valence-corrected chi connectivity index (χ0v) is 12.6. The van der Waals surface area contributed by atoms with Gasteiger partial charge in [0.15, 0.2) is 0 Å². The summed E-state index contributed by atoms with van der Waals surface area (Å²) in [6.07, 6.45) is 0. The molecule has 2 heterocycles. The zero-order chi connectivity index (χ0) is 14.5. The Morgan fingerprint density at radius 1 is 1.25 bits per heavy atom. The van der Waals surface area contributed by atoms with Crippen molar-refractivity contribution in [1.29, 1.82) is 0 Å². The van der Waals surface area contributed by atoms with E-state index in [0.717, 1.165) is 11.1 Å². The molecule has 0 aliphatic carbocycles. The lowest BCUT2D eigenvalue weighted by molar-refractivity contribution is 0.00940. The zero-order valence-electron chi connectivity index (χ0n) is 11.1. The van der Waals surface area contributed by atoms with Crippen molar-refractivity contribution in [2.75, 3.05) is 0 Å². The molecule has 0 saturated carbocycles. The number of fused-ring (bicyclic) bond motifs is 1. The van der Waals surface area contributed by atoms with E-state index < -0.39 is 5.60 Å². The monoisotopic (exact) mass is 309 g/mol. The van der Waals surface area contributed by atoms with Crippen molar-refractivity contribution in [3.63, 3.8) is 0 Å². The smallest absolute Gasteiger partial charge is 0.142 e. The average molecular weight is 310 g/mol. The number of halogens is 2. The van der Waals surface area contributed by atoms with Crippen LogP contribution in [-0.4, -0.2) is 10.1 Å². The van der Waals surface area contributed by atoms with Crippen LogP contribution >= 0.6 is 23.2 Å². The van der Waals surface area contributed by atoms with Gasteiger partial charge in [-0.15, -0.1) is 0 Å². The summed E-state index contributed by atoms with van der Waals surface area (Å²) in [5.74, 6) is 0.155. The van der Waals surface area contributed by atoms with Gasteiger partial charge in [-0.25, -0.2) is 4.98 Å². The summed E-state index contributed by atoms with van der Waals surface area (Å²) in [7, 11) is 0. The van der Waals surface area contributed by atoms with Crippen LogP contribution in [0.15, 0.2) is 24.3 Å². The maximum Gasteiger partial charge on any atom is 0.142 e. The summed E-state index contributed by atoms with van der Waals surface area (Å²) in [6.45, 7) is 3.95. The Kier molecular flexibility index (Phi) is 3.16. The maximum absolute atomic E-state index is 10.1. The Morgan fingerprint density at radius 3 is 2.55 bits per heavy atom. The highest BCUT2D eigenvalue weighted by Crippen LogP contribution is 2.47. The third-order valence-electron chi connectivity index (χ3n) is 3.78. The number of hydrogen-bond donors (Lipinski definition) is 1. The van der Waals surface area contributed by atoms with Crippen LogP contribution in [0, 0.1) is 6.92 Å². The molecule has 20 heavy (non-hydrogen) atoms. The number of benzene rings is 1. The van der Waals surface area contributed by atoms with Gasteiger partial charge in [-0.05, 0) is 31.5 Å². The number of aromatic nitrogens is 1. The topological polar surface area (TPSA) is 42.4 Å². The van der Waals surface area contributed by atoms with E-state index in [4.69, 9.17) is 27.9 Å². The van der Waals surface area contributed by atoms with Gasteiger partial charge in [0, 0.05) is 16.1 Å². The van der Waals surface area contributed by atoms with Crippen LogP contribution in [0.2, 0.25) is 10.2 Å². The number of aromatic hydroxyl groups is 1. The summed E-state index contributed by atoms with van der Waals surface area (Å²) in [5.41, 5.74) is 2.14. The summed E-state index contributed by atoms with van der Waals surface area (Å²) in [4.78, 5) is 4.19. The molecule has 1 aliphatic rings. The third kappa shape index (κ3) is 1.89. The molecule has 1 aliphatic heterocycles. The number of aryl methyl sites for hydroxylation is 1. The molecule has 5 heteroatoms. The molecule has 1 atom stereocenters. The molecule has 0 radical (unpaired) electrons. The molecule has 1 N–H and O–H groups in total. The summed E-state index contributed by atoms with van der Waals surface area (Å²) < 4.78 is 5.93. The van der Waals surface area contributed by atoms with Crippen LogP contribution in [0.3, 0.4) is 0 Å². The fraction of sp³-hybridized carbons (Fsp3) is 0.267. The summed E-state index contributed by atoms with van der Waals surface area (Å²) >= 11 is 12.2. The van der Waals surface area contributed by atoms with Crippen LogP contribution in [0.4, 0.5) is 0 Å². The minimum absolute atomic E-state index is 0.155. The van der Waals surface area contributed by atoms with E-state index >= 15 is 0 Å². The lowest BCUT2D eigenvalue weighted by Gasteiger charge is -2.26. The maximum atomic E-state index is 10.1.